The third-order valence-electron chi connectivity index (χ3n) is 2.12. The van der Waals surface area contributed by atoms with Gasteiger partial charge in [0.05, 0.1) is 10.9 Å². The zero-order valence-corrected chi connectivity index (χ0v) is 8.44. The van der Waals surface area contributed by atoms with Gasteiger partial charge in [0.1, 0.15) is 5.76 Å². The van der Waals surface area contributed by atoms with Gasteiger partial charge in [-0.05, 0) is 6.92 Å². The molecule has 2 rings (SSSR count). The van der Waals surface area contributed by atoms with Crippen molar-refractivity contribution >= 4 is 11.8 Å². The van der Waals surface area contributed by atoms with Crippen molar-refractivity contribution in [1.29, 1.82) is 0 Å². The predicted molar refractivity (Wildman–Crippen MR) is 50.4 cm³/mol. The van der Waals surface area contributed by atoms with Crippen molar-refractivity contribution in [3.05, 3.63) is 17.8 Å². The maximum absolute atomic E-state index is 5.64. The van der Waals surface area contributed by atoms with Crippen molar-refractivity contribution in [2.75, 3.05) is 5.75 Å². The molecule has 12 heavy (non-hydrogen) atoms. The molecule has 1 aromatic rings. The van der Waals surface area contributed by atoms with Gasteiger partial charge in [-0.2, -0.15) is 0 Å². The molecule has 0 radical (unpaired) electrons. The summed E-state index contributed by atoms with van der Waals surface area (Å²) in [5.74, 6) is 3.46. The van der Waals surface area contributed by atoms with E-state index in [1.807, 2.05) is 18.0 Å². The molecule has 3 heteroatoms. The highest BCUT2D eigenvalue weighted by Crippen LogP contribution is 2.53. The summed E-state index contributed by atoms with van der Waals surface area (Å²) in [6, 6.07) is 0. The molecule has 1 saturated heterocycles. The average molecular weight is 183 g/mol. The van der Waals surface area contributed by atoms with Crippen LogP contribution < -0.4 is 0 Å². The summed E-state index contributed by atoms with van der Waals surface area (Å²) in [5.41, 5.74) is 0. The van der Waals surface area contributed by atoms with Crippen molar-refractivity contribution in [2.45, 2.75) is 31.4 Å². The molecule has 1 aliphatic rings. The minimum Gasteiger partial charge on any atom is -0.444 e. The zero-order valence-electron chi connectivity index (χ0n) is 7.63. The van der Waals surface area contributed by atoms with E-state index in [1.54, 1.807) is 0 Å². The van der Waals surface area contributed by atoms with Gasteiger partial charge in [0.15, 0.2) is 5.89 Å². The molecule has 1 aromatic heterocycles. The van der Waals surface area contributed by atoms with Gasteiger partial charge in [0.25, 0.3) is 0 Å². The Kier molecular flexibility index (Phi) is 1.72. The Morgan fingerprint density at radius 3 is 2.75 bits per heavy atom. The fraction of sp³-hybridized carbons (Fsp3) is 0.667. The summed E-state index contributed by atoms with van der Waals surface area (Å²) in [4.78, 5) is 4.24. The first-order chi connectivity index (χ1) is 5.62. The van der Waals surface area contributed by atoms with E-state index < -0.39 is 0 Å². The Hall–Kier alpha value is -0.440. The van der Waals surface area contributed by atoms with E-state index in [-0.39, 0.29) is 4.75 Å². The first-order valence-electron chi connectivity index (χ1n) is 4.22. The second-order valence-electron chi connectivity index (χ2n) is 3.74. The van der Waals surface area contributed by atoms with Crippen LogP contribution in [0.4, 0.5) is 0 Å². The Balaban J connectivity index is 2.25. The first-order valence-corrected chi connectivity index (χ1v) is 5.20. The van der Waals surface area contributed by atoms with Gasteiger partial charge in [-0.1, -0.05) is 13.8 Å². The van der Waals surface area contributed by atoms with E-state index in [4.69, 9.17) is 4.42 Å². The third kappa shape index (κ3) is 1.26. The largest absolute Gasteiger partial charge is 0.444 e. The maximum Gasteiger partial charge on any atom is 0.196 e. The van der Waals surface area contributed by atoms with Crippen LogP contribution in [-0.4, -0.2) is 10.7 Å². The lowest BCUT2D eigenvalue weighted by Gasteiger charge is -2.00. The van der Waals surface area contributed by atoms with Crippen LogP contribution in [0.1, 0.15) is 38.3 Å². The normalized spacial score (nSPS) is 28.0. The van der Waals surface area contributed by atoms with Crippen molar-refractivity contribution in [1.82, 2.24) is 4.98 Å². The second-order valence-corrected chi connectivity index (χ2v) is 5.22. The molecule has 0 amide bonds. The van der Waals surface area contributed by atoms with Gasteiger partial charge in [-0.25, -0.2) is 4.98 Å². The molecule has 2 heterocycles. The topological polar surface area (TPSA) is 26.0 Å². The molecule has 0 spiro atoms. The number of nitrogens with zero attached hydrogens (tertiary/aromatic N) is 1. The van der Waals surface area contributed by atoms with Crippen LogP contribution in [0, 0.1) is 0 Å². The van der Waals surface area contributed by atoms with Gasteiger partial charge in [0.2, 0.25) is 0 Å². The Morgan fingerprint density at radius 1 is 1.67 bits per heavy atom. The van der Waals surface area contributed by atoms with E-state index >= 15 is 0 Å². The molecular weight excluding hydrogens is 170 g/mol. The summed E-state index contributed by atoms with van der Waals surface area (Å²) in [7, 11) is 0. The summed E-state index contributed by atoms with van der Waals surface area (Å²) in [6.45, 7) is 6.39. The number of hydrogen-bond acceptors (Lipinski definition) is 3. The Bertz CT molecular complexity index is 288. The quantitative estimate of drug-likeness (QED) is 0.659. The minimum absolute atomic E-state index is 0.236. The Labute approximate surface area is 76.8 Å². The predicted octanol–water partition coefficient (Wildman–Crippen LogP) is 2.76. The third-order valence-corrected chi connectivity index (χ3v) is 3.47. The fourth-order valence-corrected chi connectivity index (χ4v) is 1.64. The highest BCUT2D eigenvalue weighted by Gasteiger charge is 2.44. The van der Waals surface area contributed by atoms with E-state index in [2.05, 4.69) is 25.8 Å². The van der Waals surface area contributed by atoms with Crippen LogP contribution in [-0.2, 0) is 4.75 Å². The van der Waals surface area contributed by atoms with Crippen LogP contribution in [0.25, 0.3) is 0 Å². The van der Waals surface area contributed by atoms with Gasteiger partial charge >= 0.3 is 0 Å². The lowest BCUT2D eigenvalue weighted by Crippen LogP contribution is -1.96. The van der Waals surface area contributed by atoms with Crippen LogP contribution in [0.15, 0.2) is 10.6 Å². The van der Waals surface area contributed by atoms with Crippen molar-refractivity contribution in [3.63, 3.8) is 0 Å². The minimum atomic E-state index is 0.236. The Morgan fingerprint density at radius 2 is 2.33 bits per heavy atom. The van der Waals surface area contributed by atoms with Gasteiger partial charge in [-0.3, -0.25) is 0 Å². The molecule has 1 fully saturated rings. The first kappa shape index (κ1) is 8.17. The fourth-order valence-electron chi connectivity index (χ4n) is 1.05. The smallest absolute Gasteiger partial charge is 0.196 e. The summed E-state index contributed by atoms with van der Waals surface area (Å²) >= 11 is 1.92. The van der Waals surface area contributed by atoms with Crippen LogP contribution in [0.5, 0.6) is 0 Å². The summed E-state index contributed by atoms with van der Waals surface area (Å²) in [5, 5.41) is 0. The second kappa shape index (κ2) is 2.52. The van der Waals surface area contributed by atoms with E-state index in [0.29, 0.717) is 5.92 Å². The van der Waals surface area contributed by atoms with Crippen LogP contribution in [0.2, 0.25) is 0 Å². The molecule has 0 aliphatic carbocycles. The molecule has 0 bridgehead atoms. The highest BCUT2D eigenvalue weighted by atomic mass is 32.2. The summed E-state index contributed by atoms with van der Waals surface area (Å²) in [6.07, 6.45) is 1.87. The maximum atomic E-state index is 5.64. The van der Waals surface area contributed by atoms with Crippen molar-refractivity contribution < 1.29 is 4.42 Å². The molecule has 1 atom stereocenters. The van der Waals surface area contributed by atoms with Gasteiger partial charge < -0.3 is 4.42 Å². The van der Waals surface area contributed by atoms with Crippen molar-refractivity contribution in [3.8, 4) is 0 Å². The molecule has 66 valence electrons. The molecule has 1 unspecified atom stereocenters. The van der Waals surface area contributed by atoms with Gasteiger partial charge in [-0.15, -0.1) is 11.8 Å². The number of hydrogen-bond donors (Lipinski definition) is 0. The van der Waals surface area contributed by atoms with E-state index in [9.17, 15) is 0 Å². The van der Waals surface area contributed by atoms with Crippen molar-refractivity contribution in [2.24, 2.45) is 0 Å². The van der Waals surface area contributed by atoms with Crippen LogP contribution in [0.3, 0.4) is 0 Å². The number of oxazole rings is 1. The standard InChI is InChI=1S/C9H13NOS/c1-6(2)8-10-4-7(11-8)9(3)5-12-9/h4,6H,5H2,1-3H3. The molecule has 1 aliphatic heterocycles. The molecule has 0 aromatic carbocycles. The highest BCUT2D eigenvalue weighted by molar-refractivity contribution is 8.07. The summed E-state index contributed by atoms with van der Waals surface area (Å²) < 4.78 is 5.88. The number of rotatable bonds is 2. The number of aromatic nitrogens is 1. The monoisotopic (exact) mass is 183 g/mol. The molecule has 2 nitrogen and oxygen atoms in total. The van der Waals surface area contributed by atoms with E-state index in [0.717, 1.165) is 11.7 Å². The number of thioether (sulfide) groups is 1. The average Bonchev–Trinajstić information content (AvgIpc) is 2.61. The molecule has 0 N–H and O–H groups in total. The molecule has 0 saturated carbocycles. The SMILES string of the molecule is CC(C)c1ncc(C2(C)CS2)o1. The van der Waals surface area contributed by atoms with Crippen LogP contribution >= 0.6 is 11.8 Å². The van der Waals surface area contributed by atoms with E-state index in [1.165, 1.54) is 5.75 Å². The van der Waals surface area contributed by atoms with Gasteiger partial charge in [0, 0.05) is 11.7 Å². The molecular formula is C9H13NOS. The lowest BCUT2D eigenvalue weighted by atomic mass is 10.2. The zero-order chi connectivity index (χ0) is 8.77. The lowest BCUT2D eigenvalue weighted by molar-refractivity contribution is 0.422.